The summed E-state index contributed by atoms with van der Waals surface area (Å²) in [7, 11) is 0. The Morgan fingerprint density at radius 2 is 0.969 bits per heavy atom. The highest BCUT2D eigenvalue weighted by Gasteiger charge is 2.28. The second-order valence-corrected chi connectivity index (χ2v) is 16.3. The Morgan fingerprint density at radius 3 is 1.62 bits per heavy atom. The Labute approximate surface area is 373 Å². The van der Waals surface area contributed by atoms with E-state index in [4.69, 9.17) is 14.4 Å². The molecule has 0 saturated carbocycles. The minimum Gasteiger partial charge on any atom is -0.454 e. The van der Waals surface area contributed by atoms with Gasteiger partial charge in [0.25, 0.3) is 0 Å². The van der Waals surface area contributed by atoms with Gasteiger partial charge in [-0.15, -0.1) is 0 Å². The van der Waals surface area contributed by atoms with Crippen LogP contribution in [0.3, 0.4) is 0 Å². The van der Waals surface area contributed by atoms with Crippen LogP contribution in [0.25, 0.3) is 122 Å². The standard InChI is InChI=1S/C59H35N5O/c60-36-47-54(38-21-7-2-8-22-38)61-59(62-55(47)39-23-9-3-10-24-39)44-33-34-50(58-53(44)43-29-15-18-32-51(43)65-58)64-48-30-16-13-27-41(48)46-35-45(37-19-5-1-6-20-37)52-42-28-14-17-31-49(42)63(57(52)56(46)64)40-25-11-4-12-26-40/h1-35H. The quantitative estimate of drug-likeness (QED) is 0.167. The van der Waals surface area contributed by atoms with Gasteiger partial charge in [0.2, 0.25) is 0 Å². The summed E-state index contributed by atoms with van der Waals surface area (Å²) in [5.74, 6) is 0.506. The molecule has 6 nitrogen and oxygen atoms in total. The van der Waals surface area contributed by atoms with Crippen LogP contribution in [0, 0.1) is 11.3 Å². The zero-order chi connectivity index (χ0) is 43.0. The Hall–Kier alpha value is -9.05. The SMILES string of the molecule is N#Cc1c(-c2ccccc2)nc(-c2ccc(-n3c4ccccc4c4cc(-c5ccccc5)c5c6ccccc6n(-c6ccccc6)c5c43)c3oc4ccccc4c23)nc1-c1ccccc1. The van der Waals surface area contributed by atoms with Crippen molar-refractivity contribution in [3.05, 3.63) is 218 Å². The average Bonchev–Trinajstić information content (AvgIpc) is 4.05. The van der Waals surface area contributed by atoms with E-state index in [0.717, 1.165) is 82.8 Å². The molecule has 4 aromatic heterocycles. The van der Waals surface area contributed by atoms with Crippen LogP contribution in [0.15, 0.2) is 217 Å². The van der Waals surface area contributed by atoms with Gasteiger partial charge in [0, 0.05) is 54.7 Å². The van der Waals surface area contributed by atoms with Crippen molar-refractivity contribution >= 4 is 65.6 Å². The van der Waals surface area contributed by atoms with Gasteiger partial charge < -0.3 is 13.6 Å². The topological polar surface area (TPSA) is 72.6 Å². The van der Waals surface area contributed by atoms with E-state index in [1.807, 2.05) is 78.9 Å². The van der Waals surface area contributed by atoms with E-state index < -0.39 is 0 Å². The first kappa shape index (κ1) is 36.6. The predicted octanol–water partition coefficient (Wildman–Crippen LogP) is 15.1. The molecule has 6 heteroatoms. The smallest absolute Gasteiger partial charge is 0.161 e. The predicted molar refractivity (Wildman–Crippen MR) is 264 cm³/mol. The largest absolute Gasteiger partial charge is 0.454 e. The van der Waals surface area contributed by atoms with Gasteiger partial charge in [-0.25, -0.2) is 9.97 Å². The molecule has 13 aromatic rings. The van der Waals surface area contributed by atoms with Gasteiger partial charge in [0.1, 0.15) is 17.2 Å². The highest BCUT2D eigenvalue weighted by atomic mass is 16.3. The second-order valence-electron chi connectivity index (χ2n) is 16.3. The lowest BCUT2D eigenvalue weighted by molar-refractivity contribution is 0.666. The summed E-state index contributed by atoms with van der Waals surface area (Å²) >= 11 is 0. The Bertz CT molecular complexity index is 3990. The van der Waals surface area contributed by atoms with Crippen molar-refractivity contribution in [2.24, 2.45) is 0 Å². The van der Waals surface area contributed by atoms with E-state index in [2.05, 4.69) is 149 Å². The van der Waals surface area contributed by atoms with E-state index in [9.17, 15) is 5.26 Å². The summed E-state index contributed by atoms with van der Waals surface area (Å²) in [5, 5.41) is 17.2. The molecule has 4 heterocycles. The molecule has 0 spiro atoms. The van der Waals surface area contributed by atoms with Crippen LogP contribution in [0.5, 0.6) is 0 Å². The van der Waals surface area contributed by atoms with Crippen LogP contribution in [-0.2, 0) is 0 Å². The number of nitrogens with zero attached hydrogens (tertiary/aromatic N) is 5. The van der Waals surface area contributed by atoms with E-state index in [0.29, 0.717) is 28.4 Å². The van der Waals surface area contributed by atoms with E-state index >= 15 is 0 Å². The molecule has 0 aliphatic carbocycles. The number of furan rings is 1. The van der Waals surface area contributed by atoms with Crippen molar-refractivity contribution in [1.29, 1.82) is 5.26 Å². The third-order valence-corrected chi connectivity index (χ3v) is 12.8. The lowest BCUT2D eigenvalue weighted by Crippen LogP contribution is -2.02. The average molecular weight is 830 g/mol. The number of benzene rings is 9. The van der Waals surface area contributed by atoms with Gasteiger partial charge >= 0.3 is 0 Å². The van der Waals surface area contributed by atoms with Crippen molar-refractivity contribution < 1.29 is 4.42 Å². The molecule has 0 aliphatic heterocycles. The van der Waals surface area contributed by atoms with Crippen molar-refractivity contribution in [3.63, 3.8) is 0 Å². The minimum atomic E-state index is 0.425. The van der Waals surface area contributed by atoms with Crippen LogP contribution in [0.4, 0.5) is 0 Å². The number of fused-ring (bicyclic) bond motifs is 10. The molecule has 9 aromatic carbocycles. The van der Waals surface area contributed by atoms with Gasteiger partial charge in [-0.3, -0.25) is 0 Å². The molecule has 0 bridgehead atoms. The van der Waals surface area contributed by atoms with Gasteiger partial charge in [-0.05, 0) is 59.7 Å². The van der Waals surface area contributed by atoms with Crippen LogP contribution < -0.4 is 0 Å². The zero-order valence-corrected chi connectivity index (χ0v) is 34.9. The van der Waals surface area contributed by atoms with Crippen LogP contribution >= 0.6 is 0 Å². The number of para-hydroxylation sites is 4. The second kappa shape index (κ2) is 14.5. The number of rotatable bonds is 6. The number of aromatic nitrogens is 4. The summed E-state index contributed by atoms with van der Waals surface area (Å²) in [4.78, 5) is 10.5. The monoisotopic (exact) mass is 829 g/mol. The van der Waals surface area contributed by atoms with E-state index in [1.165, 1.54) is 16.3 Å². The van der Waals surface area contributed by atoms with Crippen LogP contribution in [0.1, 0.15) is 5.56 Å². The summed E-state index contributed by atoms with van der Waals surface area (Å²) < 4.78 is 11.9. The third kappa shape index (κ3) is 5.53. The molecular formula is C59H35N5O. The Morgan fingerprint density at radius 1 is 0.431 bits per heavy atom. The molecule has 0 aliphatic rings. The minimum absolute atomic E-state index is 0.425. The maximum absolute atomic E-state index is 10.7. The highest BCUT2D eigenvalue weighted by Crippen LogP contribution is 2.48. The summed E-state index contributed by atoms with van der Waals surface area (Å²) in [6.07, 6.45) is 0. The molecule has 0 atom stereocenters. The van der Waals surface area contributed by atoms with E-state index in [1.54, 1.807) is 0 Å². The summed E-state index contributed by atoms with van der Waals surface area (Å²) in [6, 6.07) is 76.0. The maximum Gasteiger partial charge on any atom is 0.161 e. The number of hydrogen-bond acceptors (Lipinski definition) is 4. The molecule has 0 N–H and O–H groups in total. The third-order valence-electron chi connectivity index (χ3n) is 12.8. The fraction of sp³-hybridized carbons (Fsp3) is 0. The Balaban J connectivity index is 1.19. The fourth-order valence-corrected chi connectivity index (χ4v) is 10.0. The van der Waals surface area contributed by atoms with E-state index in [-0.39, 0.29) is 0 Å². The van der Waals surface area contributed by atoms with Crippen molar-refractivity contribution in [3.8, 4) is 62.5 Å². The molecule has 0 unspecified atom stereocenters. The van der Waals surface area contributed by atoms with Crippen molar-refractivity contribution in [1.82, 2.24) is 19.1 Å². The molecule has 65 heavy (non-hydrogen) atoms. The van der Waals surface area contributed by atoms with Gasteiger partial charge in [-0.2, -0.15) is 5.26 Å². The molecular weight excluding hydrogens is 795 g/mol. The lowest BCUT2D eigenvalue weighted by Gasteiger charge is -2.16. The van der Waals surface area contributed by atoms with Gasteiger partial charge in [0.15, 0.2) is 11.4 Å². The molecule has 13 rings (SSSR count). The number of nitriles is 1. The van der Waals surface area contributed by atoms with Crippen molar-refractivity contribution in [2.45, 2.75) is 0 Å². The van der Waals surface area contributed by atoms with Gasteiger partial charge in [0.05, 0.1) is 39.1 Å². The molecule has 0 saturated heterocycles. The first-order valence-corrected chi connectivity index (χ1v) is 21.7. The molecule has 0 radical (unpaired) electrons. The summed E-state index contributed by atoms with van der Waals surface area (Å²) in [6.45, 7) is 0. The zero-order valence-electron chi connectivity index (χ0n) is 34.9. The maximum atomic E-state index is 10.7. The molecule has 0 fully saturated rings. The molecule has 0 amide bonds. The molecule has 302 valence electrons. The first-order valence-electron chi connectivity index (χ1n) is 21.7. The number of hydrogen-bond donors (Lipinski definition) is 0. The first-order chi connectivity index (χ1) is 32.2. The fourth-order valence-electron chi connectivity index (χ4n) is 10.0. The highest BCUT2D eigenvalue weighted by molar-refractivity contribution is 6.28. The Kier molecular flexibility index (Phi) is 8.17. The van der Waals surface area contributed by atoms with Crippen molar-refractivity contribution in [2.75, 3.05) is 0 Å². The van der Waals surface area contributed by atoms with Crippen LogP contribution in [0.2, 0.25) is 0 Å². The lowest BCUT2D eigenvalue weighted by atomic mass is 9.96. The van der Waals surface area contributed by atoms with Crippen LogP contribution in [-0.4, -0.2) is 19.1 Å². The van der Waals surface area contributed by atoms with Gasteiger partial charge in [-0.1, -0.05) is 164 Å². The summed E-state index contributed by atoms with van der Waals surface area (Å²) in [5.41, 5.74) is 14.2. The normalized spacial score (nSPS) is 11.7.